The highest BCUT2D eigenvalue weighted by Gasteiger charge is 2.28. The van der Waals surface area contributed by atoms with E-state index in [0.29, 0.717) is 26.2 Å². The maximum absolute atomic E-state index is 12.2. The SMILES string of the molecule is C[C@H](C(=O)N1CCN(S(C)(=O)=O)CC1)n1cccn1. The number of amides is 1. The molecule has 0 aromatic carbocycles. The minimum atomic E-state index is -3.16. The van der Waals surface area contributed by atoms with Crippen LogP contribution in [0.5, 0.6) is 0 Å². The van der Waals surface area contributed by atoms with Crippen LogP contribution >= 0.6 is 0 Å². The molecular weight excluding hydrogens is 268 g/mol. The topological polar surface area (TPSA) is 75.5 Å². The Morgan fingerprint density at radius 2 is 1.89 bits per heavy atom. The van der Waals surface area contributed by atoms with Crippen molar-refractivity contribution in [3.05, 3.63) is 18.5 Å². The third-order valence-electron chi connectivity index (χ3n) is 3.30. The largest absolute Gasteiger partial charge is 0.338 e. The van der Waals surface area contributed by atoms with Crippen molar-refractivity contribution in [2.75, 3.05) is 32.4 Å². The molecule has 0 bridgehead atoms. The molecule has 8 heteroatoms. The normalized spacial score (nSPS) is 19.4. The second-order valence-electron chi connectivity index (χ2n) is 4.65. The Bertz CT molecular complexity index is 532. The molecule has 1 saturated heterocycles. The van der Waals surface area contributed by atoms with Crippen molar-refractivity contribution in [1.29, 1.82) is 0 Å². The van der Waals surface area contributed by atoms with Gasteiger partial charge in [0.1, 0.15) is 6.04 Å². The van der Waals surface area contributed by atoms with Gasteiger partial charge in [-0.3, -0.25) is 9.48 Å². The van der Waals surface area contributed by atoms with E-state index in [1.54, 1.807) is 35.0 Å². The van der Waals surface area contributed by atoms with E-state index < -0.39 is 10.0 Å². The first-order chi connectivity index (χ1) is 8.89. The van der Waals surface area contributed by atoms with E-state index in [4.69, 9.17) is 0 Å². The number of rotatable bonds is 3. The molecule has 0 radical (unpaired) electrons. The second kappa shape index (κ2) is 5.30. The molecule has 0 aliphatic carbocycles. The van der Waals surface area contributed by atoms with Crippen LogP contribution in [0, 0.1) is 0 Å². The Balaban J connectivity index is 1.96. The predicted octanol–water partition coefficient (Wildman–Crippen LogP) is -0.452. The number of piperazine rings is 1. The Kier molecular flexibility index (Phi) is 3.91. The molecule has 106 valence electrons. The molecule has 1 aromatic rings. The van der Waals surface area contributed by atoms with Crippen molar-refractivity contribution >= 4 is 15.9 Å². The van der Waals surface area contributed by atoms with Gasteiger partial charge in [-0.15, -0.1) is 0 Å². The van der Waals surface area contributed by atoms with Gasteiger partial charge >= 0.3 is 0 Å². The summed E-state index contributed by atoms with van der Waals surface area (Å²) < 4.78 is 25.8. The number of hydrogen-bond acceptors (Lipinski definition) is 4. The predicted molar refractivity (Wildman–Crippen MR) is 69.9 cm³/mol. The quantitative estimate of drug-likeness (QED) is 0.754. The van der Waals surface area contributed by atoms with Crippen molar-refractivity contribution in [1.82, 2.24) is 19.0 Å². The van der Waals surface area contributed by atoms with Crippen molar-refractivity contribution in [3.8, 4) is 0 Å². The van der Waals surface area contributed by atoms with E-state index in [9.17, 15) is 13.2 Å². The molecule has 2 heterocycles. The van der Waals surface area contributed by atoms with Crippen molar-refractivity contribution in [3.63, 3.8) is 0 Å². The van der Waals surface area contributed by atoms with Gasteiger partial charge in [0.2, 0.25) is 15.9 Å². The van der Waals surface area contributed by atoms with Crippen LogP contribution in [0.2, 0.25) is 0 Å². The Morgan fingerprint density at radius 1 is 1.26 bits per heavy atom. The lowest BCUT2D eigenvalue weighted by molar-refractivity contribution is -0.135. The fourth-order valence-electron chi connectivity index (χ4n) is 2.13. The first-order valence-corrected chi connectivity index (χ1v) is 7.97. The summed E-state index contributed by atoms with van der Waals surface area (Å²) in [5.74, 6) is -0.0307. The fourth-order valence-corrected chi connectivity index (χ4v) is 2.95. The van der Waals surface area contributed by atoms with E-state index in [1.165, 1.54) is 10.6 Å². The Morgan fingerprint density at radius 3 is 2.37 bits per heavy atom. The van der Waals surface area contributed by atoms with Gasteiger partial charge in [0.05, 0.1) is 6.26 Å². The van der Waals surface area contributed by atoms with Gasteiger partial charge in [-0.2, -0.15) is 9.40 Å². The number of hydrogen-bond donors (Lipinski definition) is 0. The minimum absolute atomic E-state index is 0.0307. The maximum Gasteiger partial charge on any atom is 0.247 e. The zero-order valence-corrected chi connectivity index (χ0v) is 11.9. The summed E-state index contributed by atoms with van der Waals surface area (Å²) in [4.78, 5) is 13.9. The minimum Gasteiger partial charge on any atom is -0.338 e. The van der Waals surface area contributed by atoms with Gasteiger partial charge in [-0.1, -0.05) is 0 Å². The lowest BCUT2D eigenvalue weighted by Crippen LogP contribution is -2.51. The molecule has 0 spiro atoms. The van der Waals surface area contributed by atoms with Crippen LogP contribution in [-0.2, 0) is 14.8 Å². The summed E-state index contributed by atoms with van der Waals surface area (Å²) in [5.41, 5.74) is 0. The zero-order chi connectivity index (χ0) is 14.0. The average molecular weight is 286 g/mol. The number of aromatic nitrogens is 2. The molecule has 1 amide bonds. The highest BCUT2D eigenvalue weighted by Crippen LogP contribution is 2.12. The molecule has 1 fully saturated rings. The second-order valence-corrected chi connectivity index (χ2v) is 6.63. The zero-order valence-electron chi connectivity index (χ0n) is 11.1. The smallest absolute Gasteiger partial charge is 0.247 e. The number of carbonyl (C=O) groups excluding carboxylic acids is 1. The molecule has 1 aromatic heterocycles. The van der Waals surface area contributed by atoms with Gasteiger partial charge in [0, 0.05) is 38.6 Å². The molecule has 0 N–H and O–H groups in total. The molecular formula is C11H18N4O3S. The molecule has 0 unspecified atom stereocenters. The molecule has 7 nitrogen and oxygen atoms in total. The van der Waals surface area contributed by atoms with Crippen LogP contribution in [0.15, 0.2) is 18.5 Å². The third-order valence-corrected chi connectivity index (χ3v) is 4.60. The van der Waals surface area contributed by atoms with E-state index >= 15 is 0 Å². The number of carbonyl (C=O) groups is 1. The highest BCUT2D eigenvalue weighted by atomic mass is 32.2. The summed E-state index contributed by atoms with van der Waals surface area (Å²) in [6.07, 6.45) is 4.57. The maximum atomic E-state index is 12.2. The molecule has 1 aliphatic rings. The van der Waals surface area contributed by atoms with Crippen molar-refractivity contribution in [2.24, 2.45) is 0 Å². The van der Waals surface area contributed by atoms with Gasteiger partial charge in [-0.05, 0) is 13.0 Å². The summed E-state index contributed by atoms with van der Waals surface area (Å²) in [6.45, 7) is 3.36. The average Bonchev–Trinajstić information content (AvgIpc) is 2.90. The lowest BCUT2D eigenvalue weighted by Gasteiger charge is -2.34. The summed E-state index contributed by atoms with van der Waals surface area (Å²) in [6, 6.07) is 1.41. The van der Waals surface area contributed by atoms with Crippen molar-refractivity contribution in [2.45, 2.75) is 13.0 Å². The number of nitrogens with zero attached hydrogens (tertiary/aromatic N) is 4. The van der Waals surface area contributed by atoms with Crippen LogP contribution in [0.3, 0.4) is 0 Å². The molecule has 19 heavy (non-hydrogen) atoms. The van der Waals surface area contributed by atoms with Crippen LogP contribution in [0.1, 0.15) is 13.0 Å². The van der Waals surface area contributed by atoms with Gasteiger partial charge in [0.25, 0.3) is 0 Å². The van der Waals surface area contributed by atoms with E-state index in [0.717, 1.165) is 0 Å². The molecule has 0 saturated carbocycles. The van der Waals surface area contributed by atoms with E-state index in [-0.39, 0.29) is 11.9 Å². The summed E-state index contributed by atoms with van der Waals surface area (Å²) in [7, 11) is -3.16. The standard InChI is InChI=1S/C11H18N4O3S/c1-10(15-5-3-4-12-15)11(16)13-6-8-14(9-7-13)19(2,17)18/h3-5,10H,6-9H2,1-2H3/t10-/m1/s1. The molecule has 1 atom stereocenters. The van der Waals surface area contributed by atoms with Gasteiger partial charge < -0.3 is 4.90 Å². The summed E-state index contributed by atoms with van der Waals surface area (Å²) >= 11 is 0. The van der Waals surface area contributed by atoms with Gasteiger partial charge in [0.15, 0.2) is 0 Å². The summed E-state index contributed by atoms with van der Waals surface area (Å²) in [5, 5.41) is 4.05. The van der Waals surface area contributed by atoms with Crippen LogP contribution in [0.25, 0.3) is 0 Å². The molecule has 2 rings (SSSR count). The van der Waals surface area contributed by atoms with E-state index in [2.05, 4.69) is 5.10 Å². The number of sulfonamides is 1. The molecule has 1 aliphatic heterocycles. The van der Waals surface area contributed by atoms with Crippen LogP contribution in [-0.4, -0.2) is 65.7 Å². The van der Waals surface area contributed by atoms with Crippen LogP contribution in [0.4, 0.5) is 0 Å². The Labute approximate surface area is 112 Å². The third kappa shape index (κ3) is 3.13. The van der Waals surface area contributed by atoms with Crippen molar-refractivity contribution < 1.29 is 13.2 Å². The van der Waals surface area contributed by atoms with Crippen LogP contribution < -0.4 is 0 Å². The van der Waals surface area contributed by atoms with E-state index in [1.807, 2.05) is 0 Å². The highest BCUT2D eigenvalue weighted by molar-refractivity contribution is 7.88. The first kappa shape index (κ1) is 14.0. The monoisotopic (exact) mass is 286 g/mol. The Hall–Kier alpha value is -1.41. The van der Waals surface area contributed by atoms with Gasteiger partial charge in [-0.25, -0.2) is 8.42 Å². The first-order valence-electron chi connectivity index (χ1n) is 6.12. The lowest BCUT2D eigenvalue weighted by atomic mass is 10.2. The fraction of sp³-hybridized carbons (Fsp3) is 0.636.